The number of hydrogen-bond donors (Lipinski definition) is 3. The molecule has 0 aliphatic rings. The van der Waals surface area contributed by atoms with Crippen LogP contribution in [0.5, 0.6) is 0 Å². The minimum Gasteiger partial charge on any atom is -0.397 e. The lowest BCUT2D eigenvalue weighted by atomic mass is 10.1. The number of nitrogens with two attached hydrogens (primary N) is 1. The summed E-state index contributed by atoms with van der Waals surface area (Å²) in [4.78, 5) is 27.5. The molecule has 0 radical (unpaired) electrons. The van der Waals surface area contributed by atoms with Gasteiger partial charge in [0.1, 0.15) is 0 Å². The molecule has 0 bridgehead atoms. The first-order valence-corrected chi connectivity index (χ1v) is 8.92. The molecule has 4 N–H and O–H groups in total. The fourth-order valence-electron chi connectivity index (χ4n) is 3.13. The lowest BCUT2D eigenvalue weighted by molar-refractivity contribution is 0.102. The van der Waals surface area contributed by atoms with E-state index in [1.807, 2.05) is 0 Å². The number of anilines is 2. The summed E-state index contributed by atoms with van der Waals surface area (Å²) in [5, 5.41) is 11.9. The average Bonchev–Trinajstić information content (AvgIpc) is 3.04. The van der Waals surface area contributed by atoms with Gasteiger partial charge in [0.05, 0.1) is 40.6 Å². The maximum atomic E-state index is 12.4. The zero-order chi connectivity index (χ0) is 20.4. The Bertz CT molecular complexity index is 1310. The molecule has 3 aromatic carbocycles. The van der Waals surface area contributed by atoms with Gasteiger partial charge in [-0.2, -0.15) is 5.26 Å². The number of carbonyl (C=O) groups is 1. The molecule has 0 aliphatic heterocycles. The highest BCUT2D eigenvalue weighted by Gasteiger charge is 2.10. The third-order valence-electron chi connectivity index (χ3n) is 4.67. The van der Waals surface area contributed by atoms with Crippen LogP contribution in [0.1, 0.15) is 21.5 Å². The maximum Gasteiger partial charge on any atom is 0.326 e. The van der Waals surface area contributed by atoms with E-state index < -0.39 is 0 Å². The number of benzene rings is 3. The van der Waals surface area contributed by atoms with Crippen LogP contribution in [-0.2, 0) is 6.54 Å². The Balaban J connectivity index is 1.56. The van der Waals surface area contributed by atoms with Crippen LogP contribution in [0.25, 0.3) is 11.0 Å². The highest BCUT2D eigenvalue weighted by atomic mass is 16.2. The predicted molar refractivity (Wildman–Crippen MR) is 112 cm³/mol. The number of amides is 1. The van der Waals surface area contributed by atoms with Crippen LogP contribution in [0, 0.1) is 11.3 Å². The van der Waals surface area contributed by atoms with E-state index in [-0.39, 0.29) is 11.6 Å². The van der Waals surface area contributed by atoms with Gasteiger partial charge in [-0.1, -0.05) is 24.3 Å². The minimum atomic E-state index is -0.266. The highest BCUT2D eigenvalue weighted by molar-refractivity contribution is 6.05. The third kappa shape index (κ3) is 3.59. The standard InChI is InChI=1S/C22H17N5O2/c23-12-15-7-10-19-20(11-15)27(22(29)26-19)13-14-5-8-16(9-6-14)21(28)25-18-4-2-1-3-17(18)24/h1-11H,13,24H2,(H,25,28)(H,26,29). The number of nitrogens with zero attached hydrogens (tertiary/aromatic N) is 2. The Morgan fingerprint density at radius 2 is 1.86 bits per heavy atom. The number of hydrogen-bond acceptors (Lipinski definition) is 4. The molecule has 142 valence electrons. The summed E-state index contributed by atoms with van der Waals surface area (Å²) in [6, 6.07) is 21.2. The molecule has 0 aliphatic carbocycles. The van der Waals surface area contributed by atoms with E-state index in [1.54, 1.807) is 71.3 Å². The zero-order valence-electron chi connectivity index (χ0n) is 15.3. The van der Waals surface area contributed by atoms with E-state index in [9.17, 15) is 9.59 Å². The Hall–Kier alpha value is -4.31. The Labute approximate surface area is 166 Å². The van der Waals surface area contributed by atoms with Crippen LogP contribution >= 0.6 is 0 Å². The van der Waals surface area contributed by atoms with Crippen molar-refractivity contribution in [3.05, 3.63) is 93.9 Å². The molecule has 0 saturated heterocycles. The van der Waals surface area contributed by atoms with Gasteiger partial charge in [-0.05, 0) is 48.0 Å². The van der Waals surface area contributed by atoms with E-state index in [2.05, 4.69) is 16.4 Å². The molecular weight excluding hydrogens is 366 g/mol. The van der Waals surface area contributed by atoms with E-state index in [4.69, 9.17) is 11.0 Å². The van der Waals surface area contributed by atoms with Crippen LogP contribution in [0.3, 0.4) is 0 Å². The number of imidazole rings is 1. The van der Waals surface area contributed by atoms with Crippen LogP contribution in [0.15, 0.2) is 71.5 Å². The Kier molecular flexibility index (Phi) is 4.59. The van der Waals surface area contributed by atoms with Crippen molar-refractivity contribution in [1.29, 1.82) is 5.26 Å². The van der Waals surface area contributed by atoms with E-state index >= 15 is 0 Å². The SMILES string of the molecule is N#Cc1ccc2[nH]c(=O)n(Cc3ccc(C(=O)Nc4ccccc4N)cc3)c2c1. The quantitative estimate of drug-likeness (QED) is 0.470. The molecule has 0 atom stereocenters. The summed E-state index contributed by atoms with van der Waals surface area (Å²) < 4.78 is 1.57. The Morgan fingerprint density at radius 3 is 2.59 bits per heavy atom. The number of rotatable bonds is 4. The van der Waals surface area contributed by atoms with Gasteiger partial charge in [0, 0.05) is 5.56 Å². The van der Waals surface area contributed by atoms with Crippen molar-refractivity contribution in [1.82, 2.24) is 9.55 Å². The van der Waals surface area contributed by atoms with Gasteiger partial charge < -0.3 is 16.0 Å². The van der Waals surface area contributed by atoms with Gasteiger partial charge in [-0.25, -0.2) is 4.79 Å². The number of aromatic amines is 1. The van der Waals surface area contributed by atoms with E-state index in [1.165, 1.54) is 0 Å². The number of para-hydroxylation sites is 2. The fraction of sp³-hybridized carbons (Fsp3) is 0.0455. The fourth-order valence-corrected chi connectivity index (χ4v) is 3.13. The lowest BCUT2D eigenvalue weighted by Gasteiger charge is -2.09. The number of nitrogen functional groups attached to an aromatic ring is 1. The third-order valence-corrected chi connectivity index (χ3v) is 4.67. The second kappa shape index (κ2) is 7.37. The van der Waals surface area contributed by atoms with E-state index in [0.717, 1.165) is 5.56 Å². The normalized spacial score (nSPS) is 10.6. The molecule has 1 heterocycles. The second-order valence-electron chi connectivity index (χ2n) is 6.60. The van der Waals surface area contributed by atoms with Gasteiger partial charge >= 0.3 is 5.69 Å². The van der Waals surface area contributed by atoms with Crippen LogP contribution in [0.4, 0.5) is 11.4 Å². The van der Waals surface area contributed by atoms with Crippen molar-refractivity contribution in [2.45, 2.75) is 6.54 Å². The molecule has 29 heavy (non-hydrogen) atoms. The maximum absolute atomic E-state index is 12.4. The number of nitriles is 1. The first kappa shape index (κ1) is 18.1. The molecular formula is C22H17N5O2. The van der Waals surface area contributed by atoms with Crippen LogP contribution in [-0.4, -0.2) is 15.5 Å². The van der Waals surface area contributed by atoms with Crippen molar-refractivity contribution in [3.8, 4) is 6.07 Å². The van der Waals surface area contributed by atoms with Gasteiger partial charge in [0.15, 0.2) is 0 Å². The van der Waals surface area contributed by atoms with Crippen molar-refractivity contribution in [2.75, 3.05) is 11.1 Å². The average molecular weight is 383 g/mol. The highest BCUT2D eigenvalue weighted by Crippen LogP contribution is 2.18. The molecule has 1 aromatic heterocycles. The minimum absolute atomic E-state index is 0.253. The molecule has 0 saturated carbocycles. The monoisotopic (exact) mass is 383 g/mol. The van der Waals surface area contributed by atoms with Crippen LogP contribution < -0.4 is 16.7 Å². The van der Waals surface area contributed by atoms with E-state index in [0.29, 0.717) is 40.1 Å². The summed E-state index contributed by atoms with van der Waals surface area (Å²) in [5.74, 6) is -0.266. The Morgan fingerprint density at radius 1 is 1.10 bits per heavy atom. The number of aromatic nitrogens is 2. The molecule has 7 heteroatoms. The first-order valence-electron chi connectivity index (χ1n) is 8.92. The zero-order valence-corrected chi connectivity index (χ0v) is 15.3. The van der Waals surface area contributed by atoms with Crippen molar-refractivity contribution in [3.63, 3.8) is 0 Å². The summed E-state index contributed by atoms with van der Waals surface area (Å²) in [5.41, 5.74) is 9.81. The van der Waals surface area contributed by atoms with Gasteiger partial charge in [0.2, 0.25) is 0 Å². The van der Waals surface area contributed by atoms with Gasteiger partial charge in [-0.3, -0.25) is 9.36 Å². The summed E-state index contributed by atoms with van der Waals surface area (Å²) in [6.07, 6.45) is 0. The van der Waals surface area contributed by atoms with Gasteiger partial charge in [0.25, 0.3) is 5.91 Å². The van der Waals surface area contributed by atoms with Crippen LogP contribution in [0.2, 0.25) is 0 Å². The van der Waals surface area contributed by atoms with Gasteiger partial charge in [-0.15, -0.1) is 0 Å². The lowest BCUT2D eigenvalue weighted by Crippen LogP contribution is -2.17. The molecule has 4 aromatic rings. The van der Waals surface area contributed by atoms with Crippen molar-refractivity contribution in [2.24, 2.45) is 0 Å². The molecule has 0 spiro atoms. The summed E-state index contributed by atoms with van der Waals surface area (Å²) >= 11 is 0. The molecule has 4 rings (SSSR count). The summed E-state index contributed by atoms with van der Waals surface area (Å²) in [6.45, 7) is 0.321. The first-order chi connectivity index (χ1) is 14.0. The number of nitrogens with one attached hydrogen (secondary N) is 2. The topological polar surface area (TPSA) is 117 Å². The van der Waals surface area contributed by atoms with Crippen molar-refractivity contribution >= 4 is 28.3 Å². The predicted octanol–water partition coefficient (Wildman–Crippen LogP) is 3.08. The number of carbonyl (C=O) groups excluding carboxylic acids is 1. The number of fused-ring (bicyclic) bond motifs is 1. The largest absolute Gasteiger partial charge is 0.397 e. The smallest absolute Gasteiger partial charge is 0.326 e. The number of H-pyrrole nitrogens is 1. The molecule has 1 amide bonds. The second-order valence-corrected chi connectivity index (χ2v) is 6.60. The summed E-state index contributed by atoms with van der Waals surface area (Å²) in [7, 11) is 0. The van der Waals surface area contributed by atoms with Crippen molar-refractivity contribution < 1.29 is 4.79 Å². The molecule has 7 nitrogen and oxygen atoms in total. The molecule has 0 fully saturated rings. The molecule has 0 unspecified atom stereocenters.